The molecule has 0 saturated carbocycles. The lowest BCUT2D eigenvalue weighted by Gasteiger charge is -2.42. The molecule has 1 saturated heterocycles. The van der Waals surface area contributed by atoms with Crippen LogP contribution in [0.3, 0.4) is 0 Å². The van der Waals surface area contributed by atoms with Crippen molar-refractivity contribution in [1.29, 1.82) is 0 Å². The van der Waals surface area contributed by atoms with Crippen molar-refractivity contribution < 1.29 is 9.47 Å². The van der Waals surface area contributed by atoms with Crippen molar-refractivity contribution in [2.45, 2.75) is 46.1 Å². The summed E-state index contributed by atoms with van der Waals surface area (Å²) >= 11 is 0. The SMILES string of the molecule is CCC1(COC(C)(C)CC)COC1. The maximum atomic E-state index is 5.90. The van der Waals surface area contributed by atoms with Crippen LogP contribution in [0.2, 0.25) is 0 Å². The van der Waals surface area contributed by atoms with Crippen molar-refractivity contribution in [3.63, 3.8) is 0 Å². The van der Waals surface area contributed by atoms with Gasteiger partial charge in [-0.2, -0.15) is 0 Å². The van der Waals surface area contributed by atoms with Gasteiger partial charge < -0.3 is 9.47 Å². The minimum Gasteiger partial charge on any atom is -0.380 e. The standard InChI is InChI=1S/C11H22O2/c1-5-10(3,4)13-9-11(6-2)7-12-8-11/h5-9H2,1-4H3. The van der Waals surface area contributed by atoms with E-state index in [1.807, 2.05) is 0 Å². The van der Waals surface area contributed by atoms with Crippen LogP contribution < -0.4 is 0 Å². The second-order valence-electron chi connectivity index (χ2n) is 4.75. The van der Waals surface area contributed by atoms with Crippen molar-refractivity contribution in [3.05, 3.63) is 0 Å². The van der Waals surface area contributed by atoms with Gasteiger partial charge in [0.15, 0.2) is 0 Å². The lowest BCUT2D eigenvalue weighted by atomic mass is 9.84. The van der Waals surface area contributed by atoms with E-state index >= 15 is 0 Å². The smallest absolute Gasteiger partial charge is 0.0624 e. The molecule has 13 heavy (non-hydrogen) atoms. The van der Waals surface area contributed by atoms with Gasteiger partial charge in [0.1, 0.15) is 0 Å². The Labute approximate surface area is 81.6 Å². The van der Waals surface area contributed by atoms with E-state index in [9.17, 15) is 0 Å². The third kappa shape index (κ3) is 2.68. The summed E-state index contributed by atoms with van der Waals surface area (Å²) in [5, 5.41) is 0. The summed E-state index contributed by atoms with van der Waals surface area (Å²) in [6.07, 6.45) is 2.22. The molecule has 0 atom stereocenters. The zero-order valence-electron chi connectivity index (χ0n) is 9.35. The molecule has 2 heteroatoms. The number of rotatable bonds is 5. The Morgan fingerprint density at radius 3 is 2.23 bits per heavy atom. The molecule has 0 radical (unpaired) electrons. The minimum absolute atomic E-state index is 0.0256. The molecule has 0 bridgehead atoms. The van der Waals surface area contributed by atoms with Gasteiger partial charge in [-0.15, -0.1) is 0 Å². The Bertz CT molecular complexity index is 154. The van der Waals surface area contributed by atoms with Gasteiger partial charge in [0.25, 0.3) is 0 Å². The van der Waals surface area contributed by atoms with E-state index in [-0.39, 0.29) is 5.60 Å². The summed E-state index contributed by atoms with van der Waals surface area (Å²) in [6.45, 7) is 11.3. The second-order valence-corrected chi connectivity index (χ2v) is 4.75. The van der Waals surface area contributed by atoms with Gasteiger partial charge in [0.2, 0.25) is 0 Å². The van der Waals surface area contributed by atoms with Crippen molar-refractivity contribution in [3.8, 4) is 0 Å². The summed E-state index contributed by atoms with van der Waals surface area (Å²) in [5.41, 5.74) is 0.351. The molecule has 1 fully saturated rings. The molecule has 2 nitrogen and oxygen atoms in total. The molecule has 0 aromatic heterocycles. The second kappa shape index (κ2) is 3.97. The summed E-state index contributed by atoms with van der Waals surface area (Å²) in [6, 6.07) is 0. The molecule has 1 aliphatic rings. The third-order valence-corrected chi connectivity index (χ3v) is 3.19. The highest BCUT2D eigenvalue weighted by atomic mass is 16.5. The summed E-state index contributed by atoms with van der Waals surface area (Å²) in [4.78, 5) is 0. The van der Waals surface area contributed by atoms with Crippen LogP contribution in [0, 0.1) is 5.41 Å². The molecule has 78 valence electrons. The normalized spacial score (nSPS) is 21.2. The fourth-order valence-corrected chi connectivity index (χ4v) is 1.23. The Balaban J connectivity index is 2.32. The first-order valence-electron chi connectivity index (χ1n) is 5.25. The van der Waals surface area contributed by atoms with Gasteiger partial charge in [-0.3, -0.25) is 0 Å². The summed E-state index contributed by atoms with van der Waals surface area (Å²) < 4.78 is 11.1. The largest absolute Gasteiger partial charge is 0.380 e. The minimum atomic E-state index is 0.0256. The van der Waals surface area contributed by atoms with E-state index in [0.717, 1.165) is 32.7 Å². The predicted octanol–water partition coefficient (Wildman–Crippen LogP) is 2.62. The first kappa shape index (κ1) is 11.0. The topological polar surface area (TPSA) is 18.5 Å². The first-order valence-corrected chi connectivity index (χ1v) is 5.25. The zero-order chi connectivity index (χ0) is 9.95. The van der Waals surface area contributed by atoms with Gasteiger partial charge in [-0.25, -0.2) is 0 Å². The van der Waals surface area contributed by atoms with Crippen LogP contribution in [0.5, 0.6) is 0 Å². The van der Waals surface area contributed by atoms with Crippen LogP contribution in [0.1, 0.15) is 40.5 Å². The van der Waals surface area contributed by atoms with E-state index in [1.54, 1.807) is 0 Å². The molecule has 1 heterocycles. The van der Waals surface area contributed by atoms with Crippen LogP contribution in [0.25, 0.3) is 0 Å². The average molecular weight is 186 g/mol. The van der Waals surface area contributed by atoms with E-state index in [2.05, 4.69) is 27.7 Å². The Hall–Kier alpha value is -0.0800. The van der Waals surface area contributed by atoms with Crippen molar-refractivity contribution in [2.24, 2.45) is 5.41 Å². The molecule has 0 amide bonds. The summed E-state index contributed by atoms with van der Waals surface area (Å²) in [7, 11) is 0. The number of ether oxygens (including phenoxy) is 2. The van der Waals surface area contributed by atoms with Crippen molar-refractivity contribution in [2.75, 3.05) is 19.8 Å². The fourth-order valence-electron chi connectivity index (χ4n) is 1.23. The third-order valence-electron chi connectivity index (χ3n) is 3.19. The van der Waals surface area contributed by atoms with Crippen molar-refractivity contribution in [1.82, 2.24) is 0 Å². The lowest BCUT2D eigenvalue weighted by molar-refractivity contribution is -0.174. The van der Waals surface area contributed by atoms with Crippen LogP contribution in [-0.2, 0) is 9.47 Å². The monoisotopic (exact) mass is 186 g/mol. The zero-order valence-corrected chi connectivity index (χ0v) is 9.35. The average Bonchev–Trinajstić information content (AvgIpc) is 2.03. The van der Waals surface area contributed by atoms with E-state index in [1.165, 1.54) is 0 Å². The van der Waals surface area contributed by atoms with Gasteiger partial charge in [-0.05, 0) is 26.7 Å². The Kier molecular flexibility index (Phi) is 3.36. The highest BCUT2D eigenvalue weighted by molar-refractivity contribution is 4.85. The molecule has 0 N–H and O–H groups in total. The van der Waals surface area contributed by atoms with Crippen LogP contribution >= 0.6 is 0 Å². The molecular weight excluding hydrogens is 164 g/mol. The molecule has 0 aromatic rings. The van der Waals surface area contributed by atoms with E-state index in [0.29, 0.717) is 5.41 Å². The Morgan fingerprint density at radius 2 is 1.92 bits per heavy atom. The fraction of sp³-hybridized carbons (Fsp3) is 1.00. The molecule has 0 aromatic carbocycles. The first-order chi connectivity index (χ1) is 6.04. The maximum absolute atomic E-state index is 5.90. The number of hydrogen-bond acceptors (Lipinski definition) is 2. The van der Waals surface area contributed by atoms with E-state index < -0.39 is 0 Å². The van der Waals surface area contributed by atoms with Crippen LogP contribution in [0.4, 0.5) is 0 Å². The predicted molar refractivity (Wildman–Crippen MR) is 53.9 cm³/mol. The molecule has 0 unspecified atom stereocenters. The summed E-state index contributed by atoms with van der Waals surface area (Å²) in [5.74, 6) is 0. The van der Waals surface area contributed by atoms with Gasteiger partial charge in [0, 0.05) is 5.41 Å². The molecular formula is C11H22O2. The highest BCUT2D eigenvalue weighted by Crippen LogP contribution is 2.33. The lowest BCUT2D eigenvalue weighted by Crippen LogP contribution is -2.47. The van der Waals surface area contributed by atoms with Crippen LogP contribution in [-0.4, -0.2) is 25.4 Å². The Morgan fingerprint density at radius 1 is 1.31 bits per heavy atom. The molecule has 1 rings (SSSR count). The van der Waals surface area contributed by atoms with Crippen LogP contribution in [0.15, 0.2) is 0 Å². The van der Waals surface area contributed by atoms with Crippen molar-refractivity contribution >= 4 is 0 Å². The van der Waals surface area contributed by atoms with Gasteiger partial charge in [-0.1, -0.05) is 13.8 Å². The maximum Gasteiger partial charge on any atom is 0.0624 e. The van der Waals surface area contributed by atoms with Gasteiger partial charge in [0.05, 0.1) is 25.4 Å². The number of hydrogen-bond donors (Lipinski definition) is 0. The van der Waals surface area contributed by atoms with Gasteiger partial charge >= 0.3 is 0 Å². The molecule has 1 aliphatic heterocycles. The van der Waals surface area contributed by atoms with E-state index in [4.69, 9.17) is 9.47 Å². The highest BCUT2D eigenvalue weighted by Gasteiger charge is 2.38. The molecule has 0 spiro atoms. The molecule has 0 aliphatic carbocycles. The quantitative estimate of drug-likeness (QED) is 0.657.